The van der Waals surface area contributed by atoms with Crippen molar-refractivity contribution in [2.45, 2.75) is 59.8 Å². The summed E-state index contributed by atoms with van der Waals surface area (Å²) >= 11 is 0. The fourth-order valence-corrected chi connectivity index (χ4v) is 5.87. The fraction of sp³-hybridized carbons (Fsp3) is 0.519. The molecule has 2 N–H and O–H groups in total. The minimum atomic E-state index is -4.77. The number of phosphoric ester groups is 1. The lowest BCUT2D eigenvalue weighted by molar-refractivity contribution is -0.114. The molecule has 46 heavy (non-hydrogen) atoms. The van der Waals surface area contributed by atoms with Crippen molar-refractivity contribution < 1.29 is 69.0 Å². The van der Waals surface area contributed by atoms with Crippen LogP contribution in [0, 0.1) is 11.7 Å². The third-order valence-electron chi connectivity index (χ3n) is 5.97. The second-order valence-electron chi connectivity index (χ2n) is 10.6. The zero-order chi connectivity index (χ0) is 34.2. The van der Waals surface area contributed by atoms with Crippen LogP contribution in [-0.2, 0) is 51.9 Å². The van der Waals surface area contributed by atoms with Crippen LogP contribution in [0.2, 0.25) is 0 Å². The van der Waals surface area contributed by atoms with Gasteiger partial charge in [0.1, 0.15) is 16.5 Å². The Morgan fingerprint density at radius 3 is 2.00 bits per heavy atom. The van der Waals surface area contributed by atoms with E-state index in [-0.39, 0.29) is 17.5 Å². The molecule has 1 aromatic carbocycles. The molecule has 0 spiro atoms. The molecular formula is C27H36FN2O14PS. The van der Waals surface area contributed by atoms with Gasteiger partial charge in [0.15, 0.2) is 6.79 Å². The molecule has 0 saturated heterocycles. The van der Waals surface area contributed by atoms with E-state index in [1.165, 1.54) is 12.1 Å². The fourth-order valence-electron chi connectivity index (χ4n) is 3.95. The monoisotopic (exact) mass is 694 g/mol. The van der Waals surface area contributed by atoms with E-state index in [4.69, 9.17) is 27.8 Å². The Morgan fingerprint density at radius 2 is 1.52 bits per heavy atom. The first kappa shape index (κ1) is 36.9. The van der Waals surface area contributed by atoms with E-state index >= 15 is 4.39 Å². The number of ether oxygens (including phenoxy) is 5. The van der Waals surface area contributed by atoms with Gasteiger partial charge in [-0.15, -0.1) is 0 Å². The van der Waals surface area contributed by atoms with E-state index < -0.39 is 90.7 Å². The van der Waals surface area contributed by atoms with Gasteiger partial charge in [0.05, 0.1) is 17.8 Å². The van der Waals surface area contributed by atoms with E-state index in [0.29, 0.717) is 18.2 Å². The molecule has 0 saturated carbocycles. The summed E-state index contributed by atoms with van der Waals surface area (Å²) in [7, 11) is -9.24. The smallest absolute Gasteiger partial charge is 0.466 e. The zero-order valence-electron chi connectivity index (χ0n) is 25.9. The summed E-state index contributed by atoms with van der Waals surface area (Å²) in [6, 6.07) is 2.53. The van der Waals surface area contributed by atoms with Crippen LogP contribution in [0.3, 0.4) is 0 Å². The van der Waals surface area contributed by atoms with Crippen LogP contribution in [0.4, 0.5) is 14.0 Å². The summed E-state index contributed by atoms with van der Waals surface area (Å²) in [5.41, 5.74) is 0.0148. The predicted molar refractivity (Wildman–Crippen MR) is 158 cm³/mol. The van der Waals surface area contributed by atoms with Crippen LogP contribution in [0.5, 0.6) is 5.75 Å². The predicted octanol–water partition coefficient (Wildman–Crippen LogP) is 4.17. The zero-order valence-corrected chi connectivity index (χ0v) is 27.6. The lowest BCUT2D eigenvalue weighted by Crippen LogP contribution is -2.27. The molecule has 2 heterocycles. The molecule has 0 aliphatic carbocycles. The van der Waals surface area contributed by atoms with Gasteiger partial charge in [-0.1, -0.05) is 19.9 Å². The largest absolute Gasteiger partial charge is 0.510 e. The Labute approximate surface area is 265 Å². The van der Waals surface area contributed by atoms with Crippen molar-refractivity contribution in [2.24, 2.45) is 5.92 Å². The highest BCUT2D eigenvalue weighted by Crippen LogP contribution is 2.49. The third-order valence-corrected chi connectivity index (χ3v) is 8.61. The molecule has 19 heteroatoms. The first-order chi connectivity index (χ1) is 21.5. The number of hydrogen-bond acceptors (Lipinski definition) is 15. The molecule has 1 aromatic rings. The summed E-state index contributed by atoms with van der Waals surface area (Å²) in [5.74, 6) is -2.23. The van der Waals surface area contributed by atoms with E-state index in [2.05, 4.69) is 14.8 Å². The van der Waals surface area contributed by atoms with Crippen LogP contribution in [0.25, 0.3) is 10.5 Å². The second-order valence-corrected chi connectivity index (χ2v) is 13.9. The second kappa shape index (κ2) is 15.8. The number of halogens is 1. The molecule has 1 unspecified atom stereocenters. The molecule has 16 nitrogen and oxygen atoms in total. The normalized spacial score (nSPS) is 17.5. The highest BCUT2D eigenvalue weighted by Gasteiger charge is 2.36. The van der Waals surface area contributed by atoms with Crippen molar-refractivity contribution >= 4 is 46.5 Å². The standard InChI is InChI=1S/C27H36FN2O14PS/c1-15(2)20-9-18(11-29-20)19-7-8-21(24(25(19)28)22-10-23(31)30-46(22,35)36)37-12-40-45(34,41-13-38-26(32)43-16(3)4)42-14-39-27(33)44-17(5)6/h7-10,15-17,20,29H,11-14H2,1-6H3,(H,30,31). The Morgan fingerprint density at radius 1 is 0.957 bits per heavy atom. The number of amides is 1. The Balaban J connectivity index is 1.84. The van der Waals surface area contributed by atoms with E-state index in [9.17, 15) is 27.4 Å². The lowest BCUT2D eigenvalue weighted by Gasteiger charge is -2.19. The van der Waals surface area contributed by atoms with Crippen molar-refractivity contribution in [3.8, 4) is 5.75 Å². The summed E-state index contributed by atoms with van der Waals surface area (Å²) in [6.07, 6.45) is -0.901. The SMILES string of the molecule is CC(C)OC(=O)OCOP(=O)(OCOC(=O)OC(C)C)OCOc1ccc(C2=CC(C(C)C)NC2)c(F)c1C1=CC(=O)NS1(=O)=O. The Hall–Kier alpha value is -3.54. The van der Waals surface area contributed by atoms with E-state index in [1.54, 1.807) is 32.4 Å². The molecule has 0 bridgehead atoms. The van der Waals surface area contributed by atoms with Gasteiger partial charge >= 0.3 is 20.1 Å². The van der Waals surface area contributed by atoms with Gasteiger partial charge in [0.2, 0.25) is 13.6 Å². The van der Waals surface area contributed by atoms with Crippen LogP contribution < -0.4 is 14.8 Å². The van der Waals surface area contributed by atoms with Gasteiger partial charge in [0.25, 0.3) is 15.9 Å². The molecule has 0 fully saturated rings. The maximum atomic E-state index is 16.1. The molecule has 1 atom stereocenters. The molecule has 1 amide bonds. The van der Waals surface area contributed by atoms with Crippen LogP contribution in [0.1, 0.15) is 52.7 Å². The molecule has 2 aliphatic rings. The topological polar surface area (TPSA) is 200 Å². The number of sulfonamides is 1. The van der Waals surface area contributed by atoms with Gasteiger partial charge in [0, 0.05) is 24.2 Å². The maximum absolute atomic E-state index is 16.1. The summed E-state index contributed by atoms with van der Waals surface area (Å²) in [5, 5.41) is 3.23. The average Bonchev–Trinajstić information content (AvgIpc) is 3.51. The van der Waals surface area contributed by atoms with Crippen LogP contribution in [-0.4, -0.2) is 71.8 Å². The van der Waals surface area contributed by atoms with Crippen LogP contribution >= 0.6 is 7.82 Å². The van der Waals surface area contributed by atoms with Gasteiger partial charge < -0.3 is 29.0 Å². The quantitative estimate of drug-likeness (QED) is 0.150. The van der Waals surface area contributed by atoms with E-state index in [0.717, 1.165) is 0 Å². The average molecular weight is 695 g/mol. The number of benzene rings is 1. The third kappa shape index (κ3) is 10.2. The summed E-state index contributed by atoms with van der Waals surface area (Å²) in [6.45, 7) is 7.41. The molecular weight excluding hydrogens is 658 g/mol. The first-order valence-electron chi connectivity index (χ1n) is 13.9. The minimum Gasteiger partial charge on any atom is -0.466 e. The van der Waals surface area contributed by atoms with Crippen molar-refractivity contribution in [3.63, 3.8) is 0 Å². The van der Waals surface area contributed by atoms with Crippen molar-refractivity contribution in [3.05, 3.63) is 41.2 Å². The van der Waals surface area contributed by atoms with Gasteiger partial charge in [-0.3, -0.25) is 4.79 Å². The molecule has 3 rings (SSSR count). The summed E-state index contributed by atoms with van der Waals surface area (Å²) < 4.78 is 95.7. The van der Waals surface area contributed by atoms with Crippen LogP contribution in [0.15, 0.2) is 24.3 Å². The Kier molecular flexibility index (Phi) is 12.7. The number of carbonyl (C=O) groups is 3. The maximum Gasteiger partial charge on any atom is 0.510 e. The Bertz CT molecular complexity index is 1490. The minimum absolute atomic E-state index is 0.0542. The van der Waals surface area contributed by atoms with Gasteiger partial charge in [-0.2, -0.15) is 0 Å². The highest BCUT2D eigenvalue weighted by molar-refractivity contribution is 8.00. The highest BCUT2D eigenvalue weighted by atomic mass is 32.2. The number of nitrogens with one attached hydrogen (secondary N) is 2. The lowest BCUT2D eigenvalue weighted by atomic mass is 9.99. The molecule has 0 aromatic heterocycles. The van der Waals surface area contributed by atoms with Crippen molar-refractivity contribution in [2.75, 3.05) is 26.9 Å². The van der Waals surface area contributed by atoms with Gasteiger partial charge in [-0.25, -0.2) is 45.3 Å². The molecule has 2 aliphatic heterocycles. The van der Waals surface area contributed by atoms with Crippen molar-refractivity contribution in [1.82, 2.24) is 10.0 Å². The van der Waals surface area contributed by atoms with Crippen molar-refractivity contribution in [1.29, 1.82) is 0 Å². The van der Waals surface area contributed by atoms with E-state index in [1.807, 2.05) is 19.9 Å². The molecule has 256 valence electrons. The number of phosphoric acid groups is 1. The molecule has 0 radical (unpaired) electrons. The number of hydrogen-bond donors (Lipinski definition) is 2. The number of carbonyl (C=O) groups excluding carboxylic acids is 3. The number of rotatable bonds is 15. The first-order valence-corrected chi connectivity index (χ1v) is 16.8. The van der Waals surface area contributed by atoms with Gasteiger partial charge in [-0.05, 0) is 51.3 Å². The summed E-state index contributed by atoms with van der Waals surface area (Å²) in [4.78, 5) is 34.6.